The Hall–Kier alpha value is -1.56. The molecule has 0 saturated heterocycles. The summed E-state index contributed by atoms with van der Waals surface area (Å²) in [7, 11) is 0. The lowest BCUT2D eigenvalue weighted by molar-refractivity contribution is 0.348. The first kappa shape index (κ1) is 11.5. The van der Waals surface area contributed by atoms with E-state index in [1.165, 1.54) is 6.07 Å². The van der Waals surface area contributed by atoms with Crippen LogP contribution in [0.2, 0.25) is 0 Å². The summed E-state index contributed by atoms with van der Waals surface area (Å²) in [5.41, 5.74) is 0.684. The number of pyridine rings is 1. The van der Waals surface area contributed by atoms with E-state index < -0.39 is 0 Å². The van der Waals surface area contributed by atoms with E-state index in [1.54, 1.807) is 16.8 Å². The van der Waals surface area contributed by atoms with Crippen LogP contribution in [0.25, 0.3) is 0 Å². The highest BCUT2D eigenvalue weighted by Gasteiger charge is 2.10. The van der Waals surface area contributed by atoms with Gasteiger partial charge in [-0.25, -0.2) is 0 Å². The highest BCUT2D eigenvalue weighted by molar-refractivity contribution is 5.24. The maximum Gasteiger partial charge on any atom is 0.250 e. The Labute approximate surface area is 90.0 Å². The third kappa shape index (κ3) is 3.59. The average molecular weight is 204 g/mol. The fourth-order valence-electron chi connectivity index (χ4n) is 1.23. The number of hydrogen-bond donors (Lipinski definition) is 0. The molecule has 0 aromatic carbocycles. The molecular weight excluding hydrogens is 188 g/mol. The summed E-state index contributed by atoms with van der Waals surface area (Å²) in [5.74, 6) is 0. The van der Waals surface area contributed by atoms with Gasteiger partial charge in [0.2, 0.25) is 0 Å². The summed E-state index contributed by atoms with van der Waals surface area (Å²) in [6, 6.07) is 5.03. The second-order valence-corrected chi connectivity index (χ2v) is 4.87. The third-order valence-electron chi connectivity index (χ3n) is 2.22. The zero-order valence-corrected chi connectivity index (χ0v) is 9.45. The van der Waals surface area contributed by atoms with Crippen molar-refractivity contribution in [2.75, 3.05) is 0 Å². The minimum atomic E-state index is -0.0433. The molecule has 0 radical (unpaired) electrons. The van der Waals surface area contributed by atoms with Crippen LogP contribution in [0.15, 0.2) is 23.1 Å². The second kappa shape index (κ2) is 4.31. The number of hydrogen-bond acceptors (Lipinski definition) is 2. The van der Waals surface area contributed by atoms with Crippen LogP contribution >= 0.6 is 0 Å². The molecule has 0 aliphatic carbocycles. The topological polar surface area (TPSA) is 45.8 Å². The number of rotatable bonds is 2. The summed E-state index contributed by atoms with van der Waals surface area (Å²) in [6.07, 6.45) is 2.54. The van der Waals surface area contributed by atoms with Crippen LogP contribution < -0.4 is 5.56 Å². The van der Waals surface area contributed by atoms with Crippen molar-refractivity contribution in [1.82, 2.24) is 4.57 Å². The SMILES string of the molecule is CC(C)(C)CCn1cc(C#N)ccc1=O. The number of nitriles is 1. The summed E-state index contributed by atoms with van der Waals surface area (Å²) in [5, 5.41) is 8.72. The molecule has 0 fully saturated rings. The quantitative estimate of drug-likeness (QED) is 0.741. The summed E-state index contributed by atoms with van der Waals surface area (Å²) in [6.45, 7) is 7.06. The molecule has 3 heteroatoms. The van der Waals surface area contributed by atoms with Crippen LogP contribution in [0.1, 0.15) is 32.8 Å². The summed E-state index contributed by atoms with van der Waals surface area (Å²) < 4.78 is 1.60. The smallest absolute Gasteiger partial charge is 0.250 e. The molecule has 15 heavy (non-hydrogen) atoms. The molecule has 1 aromatic heterocycles. The van der Waals surface area contributed by atoms with Crippen molar-refractivity contribution in [2.24, 2.45) is 5.41 Å². The van der Waals surface area contributed by atoms with Crippen LogP contribution in [0.4, 0.5) is 0 Å². The van der Waals surface area contributed by atoms with Gasteiger partial charge < -0.3 is 4.57 Å². The molecule has 80 valence electrons. The zero-order chi connectivity index (χ0) is 11.5. The van der Waals surface area contributed by atoms with Crippen LogP contribution in [0.3, 0.4) is 0 Å². The van der Waals surface area contributed by atoms with Crippen LogP contribution in [-0.4, -0.2) is 4.57 Å². The van der Waals surface area contributed by atoms with Gasteiger partial charge >= 0.3 is 0 Å². The molecule has 0 amide bonds. The third-order valence-corrected chi connectivity index (χ3v) is 2.22. The summed E-state index contributed by atoms with van der Waals surface area (Å²) >= 11 is 0. The van der Waals surface area contributed by atoms with Gasteiger partial charge in [-0.15, -0.1) is 0 Å². The molecule has 0 saturated carbocycles. The molecule has 3 nitrogen and oxygen atoms in total. The summed E-state index contributed by atoms with van der Waals surface area (Å²) in [4.78, 5) is 11.5. The van der Waals surface area contributed by atoms with Crippen molar-refractivity contribution in [1.29, 1.82) is 5.26 Å². The van der Waals surface area contributed by atoms with Gasteiger partial charge in [-0.3, -0.25) is 4.79 Å². The number of aromatic nitrogens is 1. The maximum atomic E-state index is 11.5. The number of aryl methyl sites for hydroxylation is 1. The lowest BCUT2D eigenvalue weighted by Crippen LogP contribution is -2.21. The molecule has 1 aromatic rings. The van der Waals surface area contributed by atoms with Gasteiger partial charge in [-0.1, -0.05) is 20.8 Å². The van der Waals surface area contributed by atoms with Gasteiger partial charge in [-0.2, -0.15) is 5.26 Å². The van der Waals surface area contributed by atoms with E-state index in [9.17, 15) is 4.79 Å². The first-order chi connectivity index (χ1) is 6.92. The minimum absolute atomic E-state index is 0.0433. The Morgan fingerprint density at radius 3 is 2.60 bits per heavy atom. The average Bonchev–Trinajstić information content (AvgIpc) is 2.15. The van der Waals surface area contributed by atoms with E-state index in [0.717, 1.165) is 6.42 Å². The Morgan fingerprint density at radius 1 is 1.40 bits per heavy atom. The van der Waals surface area contributed by atoms with Crippen molar-refractivity contribution in [2.45, 2.75) is 33.7 Å². The van der Waals surface area contributed by atoms with Crippen molar-refractivity contribution in [3.8, 4) is 6.07 Å². The lowest BCUT2D eigenvalue weighted by Gasteiger charge is -2.18. The zero-order valence-electron chi connectivity index (χ0n) is 9.45. The van der Waals surface area contributed by atoms with E-state index in [2.05, 4.69) is 20.8 Å². The molecule has 0 atom stereocenters. The van der Waals surface area contributed by atoms with Crippen molar-refractivity contribution < 1.29 is 0 Å². The Bertz CT molecular complexity index is 432. The fourth-order valence-corrected chi connectivity index (χ4v) is 1.23. The maximum absolute atomic E-state index is 11.5. The predicted octanol–water partition coefficient (Wildman–Crippen LogP) is 2.16. The van der Waals surface area contributed by atoms with Gasteiger partial charge in [0.05, 0.1) is 5.56 Å². The molecule has 0 aliphatic rings. The van der Waals surface area contributed by atoms with E-state index in [0.29, 0.717) is 12.1 Å². The van der Waals surface area contributed by atoms with Gasteiger partial charge in [0.15, 0.2) is 0 Å². The second-order valence-electron chi connectivity index (χ2n) is 4.87. The van der Waals surface area contributed by atoms with Gasteiger partial charge in [0.25, 0.3) is 5.56 Å². The number of nitrogens with zero attached hydrogens (tertiary/aromatic N) is 2. The van der Waals surface area contributed by atoms with Crippen LogP contribution in [0, 0.1) is 16.7 Å². The first-order valence-electron chi connectivity index (χ1n) is 5.03. The van der Waals surface area contributed by atoms with Crippen molar-refractivity contribution in [3.63, 3.8) is 0 Å². The van der Waals surface area contributed by atoms with Crippen molar-refractivity contribution in [3.05, 3.63) is 34.2 Å². The molecule has 1 heterocycles. The van der Waals surface area contributed by atoms with Crippen molar-refractivity contribution >= 4 is 0 Å². The molecule has 0 bridgehead atoms. The Morgan fingerprint density at radius 2 is 2.07 bits per heavy atom. The van der Waals surface area contributed by atoms with Crippen LogP contribution in [0.5, 0.6) is 0 Å². The van der Waals surface area contributed by atoms with Gasteiger partial charge in [-0.05, 0) is 17.9 Å². The van der Waals surface area contributed by atoms with Gasteiger partial charge in [0, 0.05) is 18.8 Å². The normalized spacial score (nSPS) is 11.1. The molecular formula is C12H16N2O. The molecule has 0 spiro atoms. The van der Waals surface area contributed by atoms with Crippen LogP contribution in [-0.2, 0) is 6.54 Å². The molecule has 0 N–H and O–H groups in total. The van der Waals surface area contributed by atoms with E-state index in [4.69, 9.17) is 5.26 Å². The molecule has 0 aliphatic heterocycles. The largest absolute Gasteiger partial charge is 0.314 e. The van der Waals surface area contributed by atoms with Gasteiger partial charge in [0.1, 0.15) is 6.07 Å². The Kier molecular flexibility index (Phi) is 3.31. The first-order valence-corrected chi connectivity index (χ1v) is 5.03. The molecule has 0 unspecified atom stereocenters. The van der Waals surface area contributed by atoms with E-state index in [-0.39, 0.29) is 11.0 Å². The fraction of sp³-hybridized carbons (Fsp3) is 0.500. The van der Waals surface area contributed by atoms with E-state index in [1.807, 2.05) is 6.07 Å². The monoisotopic (exact) mass is 204 g/mol. The minimum Gasteiger partial charge on any atom is -0.314 e. The highest BCUT2D eigenvalue weighted by atomic mass is 16.1. The van der Waals surface area contributed by atoms with E-state index >= 15 is 0 Å². The standard InChI is InChI=1S/C12H16N2O/c1-12(2,3)6-7-14-9-10(8-13)4-5-11(14)15/h4-5,9H,6-7H2,1-3H3. The Balaban J connectivity index is 2.86. The predicted molar refractivity (Wildman–Crippen MR) is 59.5 cm³/mol. The lowest BCUT2D eigenvalue weighted by atomic mass is 9.92. The highest BCUT2D eigenvalue weighted by Crippen LogP contribution is 2.18. The molecule has 1 rings (SSSR count).